The number of rotatable bonds is 4. The molecule has 0 saturated carbocycles. The summed E-state index contributed by atoms with van der Waals surface area (Å²) in [5, 5.41) is 3.52. The smallest absolute Gasteiger partial charge is 0.127 e. The molecule has 17 heavy (non-hydrogen) atoms. The van der Waals surface area contributed by atoms with Crippen LogP contribution in [0.2, 0.25) is 0 Å². The Balaban J connectivity index is 2.41. The Morgan fingerprint density at radius 1 is 1.24 bits per heavy atom. The second-order valence-corrected chi connectivity index (χ2v) is 4.41. The van der Waals surface area contributed by atoms with Crippen molar-refractivity contribution < 1.29 is 9.47 Å². The number of aryl methyl sites for hydroxylation is 1. The first-order valence-electron chi connectivity index (χ1n) is 6.28. The molecule has 3 nitrogen and oxygen atoms in total. The standard InChI is InChI=1S/C14H21NO2/c1-4-10-8-11(12-6-5-7-15-12)14(17-3)9-13(10)16-2/h8-9,12,15H,4-7H2,1-3H3. The van der Waals surface area contributed by atoms with Crippen LogP contribution in [0.15, 0.2) is 12.1 Å². The molecule has 1 aliphatic rings. The van der Waals surface area contributed by atoms with Crippen LogP contribution in [0.25, 0.3) is 0 Å². The molecule has 0 radical (unpaired) electrons. The van der Waals surface area contributed by atoms with Crippen molar-refractivity contribution >= 4 is 0 Å². The van der Waals surface area contributed by atoms with E-state index in [4.69, 9.17) is 9.47 Å². The van der Waals surface area contributed by atoms with E-state index in [2.05, 4.69) is 18.3 Å². The van der Waals surface area contributed by atoms with Crippen LogP contribution in [0.5, 0.6) is 11.5 Å². The second-order valence-electron chi connectivity index (χ2n) is 4.41. The number of nitrogens with one attached hydrogen (secondary N) is 1. The fraction of sp³-hybridized carbons (Fsp3) is 0.571. The van der Waals surface area contributed by atoms with Gasteiger partial charge in [-0.15, -0.1) is 0 Å². The van der Waals surface area contributed by atoms with Crippen molar-refractivity contribution in [1.29, 1.82) is 0 Å². The lowest BCUT2D eigenvalue weighted by Crippen LogP contribution is -2.14. The SMILES string of the molecule is CCc1cc(C2CCCN2)c(OC)cc1OC. The second kappa shape index (κ2) is 5.41. The van der Waals surface area contributed by atoms with Crippen LogP contribution in [-0.2, 0) is 6.42 Å². The molecule has 1 aromatic carbocycles. The first kappa shape index (κ1) is 12.2. The minimum Gasteiger partial charge on any atom is -0.496 e. The van der Waals surface area contributed by atoms with Gasteiger partial charge in [0.15, 0.2) is 0 Å². The number of hydrogen-bond donors (Lipinski definition) is 1. The maximum atomic E-state index is 5.48. The van der Waals surface area contributed by atoms with Crippen LogP contribution in [0.3, 0.4) is 0 Å². The number of hydrogen-bond acceptors (Lipinski definition) is 3. The number of methoxy groups -OCH3 is 2. The highest BCUT2D eigenvalue weighted by Crippen LogP contribution is 2.36. The molecule has 1 unspecified atom stereocenters. The van der Waals surface area contributed by atoms with Gasteiger partial charge in [0, 0.05) is 17.7 Å². The summed E-state index contributed by atoms with van der Waals surface area (Å²) in [4.78, 5) is 0. The zero-order valence-corrected chi connectivity index (χ0v) is 10.9. The van der Waals surface area contributed by atoms with Crippen molar-refractivity contribution in [3.05, 3.63) is 23.3 Å². The molecule has 0 aliphatic carbocycles. The maximum Gasteiger partial charge on any atom is 0.127 e. The van der Waals surface area contributed by atoms with Gasteiger partial charge in [0.1, 0.15) is 11.5 Å². The largest absolute Gasteiger partial charge is 0.496 e. The highest BCUT2D eigenvalue weighted by atomic mass is 16.5. The average molecular weight is 235 g/mol. The highest BCUT2D eigenvalue weighted by Gasteiger charge is 2.21. The van der Waals surface area contributed by atoms with E-state index in [1.807, 2.05) is 6.07 Å². The molecule has 1 heterocycles. The molecule has 0 amide bonds. The highest BCUT2D eigenvalue weighted by molar-refractivity contribution is 5.48. The molecule has 1 atom stereocenters. The van der Waals surface area contributed by atoms with Gasteiger partial charge in [-0.2, -0.15) is 0 Å². The van der Waals surface area contributed by atoms with Gasteiger partial charge in [-0.3, -0.25) is 0 Å². The quantitative estimate of drug-likeness (QED) is 0.870. The third-order valence-corrected chi connectivity index (χ3v) is 3.45. The fourth-order valence-corrected chi connectivity index (χ4v) is 2.49. The van der Waals surface area contributed by atoms with Crippen molar-refractivity contribution in [2.75, 3.05) is 20.8 Å². The van der Waals surface area contributed by atoms with Crippen LogP contribution >= 0.6 is 0 Å². The zero-order valence-electron chi connectivity index (χ0n) is 10.9. The lowest BCUT2D eigenvalue weighted by atomic mass is 9.99. The topological polar surface area (TPSA) is 30.5 Å². The molecule has 94 valence electrons. The molecule has 0 bridgehead atoms. The van der Waals surface area contributed by atoms with E-state index >= 15 is 0 Å². The Labute approximate surface area is 103 Å². The molecular weight excluding hydrogens is 214 g/mol. The van der Waals surface area contributed by atoms with E-state index in [-0.39, 0.29) is 0 Å². The molecular formula is C14H21NO2. The zero-order chi connectivity index (χ0) is 12.3. The summed E-state index contributed by atoms with van der Waals surface area (Å²) >= 11 is 0. The number of benzene rings is 1. The Morgan fingerprint density at radius 3 is 2.53 bits per heavy atom. The molecule has 1 aromatic rings. The summed E-state index contributed by atoms with van der Waals surface area (Å²) in [5.74, 6) is 1.85. The molecule has 3 heteroatoms. The predicted molar refractivity (Wildman–Crippen MR) is 68.9 cm³/mol. The van der Waals surface area contributed by atoms with Crippen molar-refractivity contribution in [2.45, 2.75) is 32.2 Å². The maximum absolute atomic E-state index is 5.48. The van der Waals surface area contributed by atoms with Crippen molar-refractivity contribution in [1.82, 2.24) is 5.32 Å². The van der Waals surface area contributed by atoms with E-state index in [0.717, 1.165) is 24.5 Å². The van der Waals surface area contributed by atoms with Gasteiger partial charge < -0.3 is 14.8 Å². The van der Waals surface area contributed by atoms with Crippen molar-refractivity contribution in [2.24, 2.45) is 0 Å². The molecule has 1 saturated heterocycles. The van der Waals surface area contributed by atoms with Gasteiger partial charge in [-0.05, 0) is 37.4 Å². The summed E-state index contributed by atoms with van der Waals surface area (Å²) in [6, 6.07) is 4.66. The summed E-state index contributed by atoms with van der Waals surface area (Å²) < 4.78 is 10.9. The minimum atomic E-state index is 0.432. The van der Waals surface area contributed by atoms with Crippen LogP contribution in [-0.4, -0.2) is 20.8 Å². The molecule has 1 aliphatic heterocycles. The molecule has 1 fully saturated rings. The van der Waals surface area contributed by atoms with Crippen LogP contribution in [0, 0.1) is 0 Å². The average Bonchev–Trinajstić information content (AvgIpc) is 2.90. The third kappa shape index (κ3) is 2.39. The Bertz CT molecular complexity index is 384. The van der Waals surface area contributed by atoms with Crippen LogP contribution in [0.4, 0.5) is 0 Å². The number of ether oxygens (including phenoxy) is 2. The van der Waals surface area contributed by atoms with E-state index in [0.29, 0.717) is 6.04 Å². The summed E-state index contributed by atoms with van der Waals surface area (Å²) in [6.07, 6.45) is 3.40. The first-order chi connectivity index (χ1) is 8.30. The summed E-state index contributed by atoms with van der Waals surface area (Å²) in [7, 11) is 3.43. The molecule has 2 rings (SSSR count). The van der Waals surface area contributed by atoms with Gasteiger partial charge >= 0.3 is 0 Å². The molecule has 0 aromatic heterocycles. The van der Waals surface area contributed by atoms with Gasteiger partial charge in [0.25, 0.3) is 0 Å². The van der Waals surface area contributed by atoms with E-state index in [1.165, 1.54) is 24.0 Å². The minimum absolute atomic E-state index is 0.432. The molecule has 1 N–H and O–H groups in total. The van der Waals surface area contributed by atoms with E-state index in [1.54, 1.807) is 14.2 Å². The normalized spacial score (nSPS) is 19.4. The van der Waals surface area contributed by atoms with Gasteiger partial charge in [-0.25, -0.2) is 0 Å². The van der Waals surface area contributed by atoms with E-state index < -0.39 is 0 Å². The van der Waals surface area contributed by atoms with Crippen LogP contribution < -0.4 is 14.8 Å². The van der Waals surface area contributed by atoms with Crippen molar-refractivity contribution in [3.8, 4) is 11.5 Å². The summed E-state index contributed by atoms with van der Waals surface area (Å²) in [6.45, 7) is 3.25. The first-order valence-corrected chi connectivity index (χ1v) is 6.28. The Morgan fingerprint density at radius 2 is 2.00 bits per heavy atom. The lowest BCUT2D eigenvalue weighted by Gasteiger charge is -2.18. The predicted octanol–water partition coefficient (Wildman–Crippen LogP) is 2.69. The van der Waals surface area contributed by atoms with Crippen LogP contribution in [0.1, 0.15) is 36.9 Å². The van der Waals surface area contributed by atoms with E-state index in [9.17, 15) is 0 Å². The van der Waals surface area contributed by atoms with Gasteiger partial charge in [0.2, 0.25) is 0 Å². The van der Waals surface area contributed by atoms with Gasteiger partial charge in [-0.1, -0.05) is 6.92 Å². The Hall–Kier alpha value is -1.22. The summed E-state index contributed by atoms with van der Waals surface area (Å²) in [5.41, 5.74) is 2.51. The third-order valence-electron chi connectivity index (χ3n) is 3.45. The Kier molecular flexibility index (Phi) is 3.89. The monoisotopic (exact) mass is 235 g/mol. The van der Waals surface area contributed by atoms with Gasteiger partial charge in [0.05, 0.1) is 14.2 Å². The van der Waals surface area contributed by atoms with Crippen molar-refractivity contribution in [3.63, 3.8) is 0 Å². The fourth-order valence-electron chi connectivity index (χ4n) is 2.49. The lowest BCUT2D eigenvalue weighted by molar-refractivity contribution is 0.384. The molecule has 0 spiro atoms.